The average molecular weight is 475 g/mol. The van der Waals surface area contributed by atoms with Crippen LogP contribution in [-0.2, 0) is 11.0 Å². The van der Waals surface area contributed by atoms with Crippen molar-refractivity contribution in [1.29, 1.82) is 0 Å². The van der Waals surface area contributed by atoms with Gasteiger partial charge in [-0.05, 0) is 48.7 Å². The molecule has 1 amide bonds. The highest BCUT2D eigenvalue weighted by molar-refractivity contribution is 5.90. The van der Waals surface area contributed by atoms with Gasteiger partial charge in [-0.1, -0.05) is 45.7 Å². The fourth-order valence-electron chi connectivity index (χ4n) is 3.22. The van der Waals surface area contributed by atoms with Crippen molar-refractivity contribution in [3.63, 3.8) is 0 Å². The summed E-state index contributed by atoms with van der Waals surface area (Å²) in [5.74, 6) is 0.558. The van der Waals surface area contributed by atoms with Gasteiger partial charge in [0.05, 0.1) is 17.9 Å². The SMILES string of the molecule is CCCCCC(=O)Nc1ccc(-n2nc(OCC(C)C)nc2-c2ccc(C(F)(F)F)cc2)cc1. The second-order valence-corrected chi connectivity index (χ2v) is 8.46. The lowest BCUT2D eigenvalue weighted by Crippen LogP contribution is -2.11. The quantitative estimate of drug-likeness (QED) is 0.340. The van der Waals surface area contributed by atoms with Crippen LogP contribution in [0.3, 0.4) is 0 Å². The number of halogens is 3. The van der Waals surface area contributed by atoms with Gasteiger partial charge < -0.3 is 10.1 Å². The van der Waals surface area contributed by atoms with Crippen LogP contribution in [0.4, 0.5) is 18.9 Å². The van der Waals surface area contributed by atoms with Crippen molar-refractivity contribution < 1.29 is 22.7 Å². The van der Waals surface area contributed by atoms with Crippen LogP contribution in [0.1, 0.15) is 52.0 Å². The van der Waals surface area contributed by atoms with E-state index in [-0.39, 0.29) is 17.8 Å². The number of amides is 1. The highest BCUT2D eigenvalue weighted by atomic mass is 19.4. The maximum absolute atomic E-state index is 13.0. The Labute approximate surface area is 197 Å². The second-order valence-electron chi connectivity index (χ2n) is 8.46. The number of nitrogens with one attached hydrogen (secondary N) is 1. The summed E-state index contributed by atoms with van der Waals surface area (Å²) in [6, 6.07) is 11.9. The summed E-state index contributed by atoms with van der Waals surface area (Å²) < 4.78 is 46.1. The van der Waals surface area contributed by atoms with Crippen molar-refractivity contribution in [2.45, 2.75) is 52.6 Å². The molecule has 182 valence electrons. The van der Waals surface area contributed by atoms with Crippen LogP contribution in [0.5, 0.6) is 6.01 Å². The van der Waals surface area contributed by atoms with Gasteiger partial charge in [0.15, 0.2) is 5.82 Å². The Balaban J connectivity index is 1.86. The van der Waals surface area contributed by atoms with E-state index in [1.165, 1.54) is 16.8 Å². The Morgan fingerprint density at radius 3 is 2.32 bits per heavy atom. The van der Waals surface area contributed by atoms with Gasteiger partial charge in [-0.2, -0.15) is 18.2 Å². The Morgan fingerprint density at radius 1 is 1.06 bits per heavy atom. The molecule has 2 aromatic carbocycles. The van der Waals surface area contributed by atoms with E-state index < -0.39 is 11.7 Å². The van der Waals surface area contributed by atoms with Crippen molar-refractivity contribution in [1.82, 2.24) is 14.8 Å². The molecule has 1 heterocycles. The van der Waals surface area contributed by atoms with Crippen LogP contribution in [0.25, 0.3) is 17.1 Å². The van der Waals surface area contributed by atoms with Crippen molar-refractivity contribution in [2.75, 3.05) is 11.9 Å². The zero-order valence-corrected chi connectivity index (χ0v) is 19.5. The summed E-state index contributed by atoms with van der Waals surface area (Å²) in [5, 5.41) is 7.28. The number of alkyl halides is 3. The number of hydrogen-bond acceptors (Lipinski definition) is 4. The lowest BCUT2D eigenvalue weighted by atomic mass is 10.1. The monoisotopic (exact) mass is 474 g/mol. The van der Waals surface area contributed by atoms with Gasteiger partial charge in [-0.15, -0.1) is 5.10 Å². The number of aromatic nitrogens is 3. The molecule has 0 aliphatic rings. The van der Waals surface area contributed by atoms with Crippen molar-refractivity contribution >= 4 is 11.6 Å². The normalized spacial score (nSPS) is 11.6. The molecule has 6 nitrogen and oxygen atoms in total. The maximum Gasteiger partial charge on any atom is 0.416 e. The molecule has 0 saturated carbocycles. The number of unbranched alkanes of at least 4 members (excludes halogenated alkanes) is 2. The number of carbonyl (C=O) groups excluding carboxylic acids is 1. The van der Waals surface area contributed by atoms with Gasteiger partial charge in [0.1, 0.15) is 0 Å². The first-order chi connectivity index (χ1) is 16.2. The van der Waals surface area contributed by atoms with Crippen molar-refractivity contribution in [3.8, 4) is 23.1 Å². The van der Waals surface area contributed by atoms with Gasteiger partial charge in [0, 0.05) is 17.7 Å². The summed E-state index contributed by atoms with van der Waals surface area (Å²) in [6.07, 6.45) is -1.06. The maximum atomic E-state index is 13.0. The number of benzene rings is 2. The number of rotatable bonds is 10. The Kier molecular flexibility index (Phi) is 8.31. The predicted octanol–water partition coefficient (Wildman–Crippen LogP) is 6.51. The summed E-state index contributed by atoms with van der Waals surface area (Å²) in [7, 11) is 0. The fraction of sp³-hybridized carbons (Fsp3) is 0.400. The molecule has 3 rings (SSSR count). The van der Waals surface area contributed by atoms with Crippen LogP contribution < -0.4 is 10.1 Å². The molecule has 0 aliphatic carbocycles. The van der Waals surface area contributed by atoms with E-state index >= 15 is 0 Å². The molecule has 1 aromatic heterocycles. The third kappa shape index (κ3) is 6.82. The number of carbonyl (C=O) groups is 1. The molecule has 0 aliphatic heterocycles. The first-order valence-electron chi connectivity index (χ1n) is 11.3. The molecule has 0 fully saturated rings. The number of hydrogen-bond donors (Lipinski definition) is 1. The smallest absolute Gasteiger partial charge is 0.416 e. The minimum atomic E-state index is -4.42. The fourth-order valence-corrected chi connectivity index (χ4v) is 3.22. The largest absolute Gasteiger partial charge is 0.462 e. The predicted molar refractivity (Wildman–Crippen MR) is 125 cm³/mol. The lowest BCUT2D eigenvalue weighted by molar-refractivity contribution is -0.137. The molecule has 0 unspecified atom stereocenters. The van der Waals surface area contributed by atoms with Crippen LogP contribution >= 0.6 is 0 Å². The van der Waals surface area contributed by atoms with Gasteiger partial charge in [-0.25, -0.2) is 4.68 Å². The molecule has 0 atom stereocenters. The Bertz CT molecular complexity index is 1080. The minimum absolute atomic E-state index is 0.0447. The Morgan fingerprint density at radius 2 is 1.74 bits per heavy atom. The van der Waals surface area contributed by atoms with Gasteiger partial charge in [0.2, 0.25) is 5.91 Å². The minimum Gasteiger partial charge on any atom is -0.462 e. The van der Waals surface area contributed by atoms with E-state index in [0.29, 0.717) is 35.8 Å². The highest BCUT2D eigenvalue weighted by Gasteiger charge is 2.30. The molecular formula is C25H29F3N4O2. The van der Waals surface area contributed by atoms with Crippen LogP contribution in [0.2, 0.25) is 0 Å². The third-order valence-electron chi connectivity index (χ3n) is 5.01. The van der Waals surface area contributed by atoms with Crippen LogP contribution in [0.15, 0.2) is 48.5 Å². The van der Waals surface area contributed by atoms with E-state index in [1.54, 1.807) is 24.3 Å². The second kappa shape index (κ2) is 11.2. The van der Waals surface area contributed by atoms with Crippen LogP contribution in [-0.4, -0.2) is 27.3 Å². The topological polar surface area (TPSA) is 69.0 Å². The van der Waals surface area contributed by atoms with Crippen molar-refractivity contribution in [3.05, 3.63) is 54.1 Å². The van der Waals surface area contributed by atoms with Crippen LogP contribution in [0, 0.1) is 5.92 Å². The standard InChI is InChI=1S/C25H29F3N4O2/c1-4-5-6-7-22(33)29-20-12-14-21(15-13-20)32-23(30-24(31-32)34-16-17(2)3)18-8-10-19(11-9-18)25(26,27)28/h8-15,17H,4-7,16H2,1-3H3,(H,29,33). The number of anilines is 1. The van der Waals surface area contributed by atoms with Gasteiger partial charge in [0.25, 0.3) is 0 Å². The van der Waals surface area contributed by atoms with Crippen molar-refractivity contribution in [2.24, 2.45) is 5.92 Å². The van der Waals surface area contributed by atoms with Gasteiger partial charge >= 0.3 is 12.2 Å². The third-order valence-corrected chi connectivity index (χ3v) is 5.01. The van der Waals surface area contributed by atoms with E-state index in [0.717, 1.165) is 31.4 Å². The summed E-state index contributed by atoms with van der Waals surface area (Å²) in [5.41, 5.74) is 1.01. The van der Waals surface area contributed by atoms with E-state index in [4.69, 9.17) is 4.74 Å². The molecule has 0 radical (unpaired) electrons. The summed E-state index contributed by atoms with van der Waals surface area (Å²) >= 11 is 0. The molecule has 3 aromatic rings. The molecule has 1 N–H and O–H groups in total. The Hall–Kier alpha value is -3.36. The number of ether oxygens (including phenoxy) is 1. The molecule has 0 bridgehead atoms. The highest BCUT2D eigenvalue weighted by Crippen LogP contribution is 2.31. The molecule has 9 heteroatoms. The molecule has 0 saturated heterocycles. The van der Waals surface area contributed by atoms with Gasteiger partial charge in [-0.3, -0.25) is 4.79 Å². The van der Waals surface area contributed by atoms with E-state index in [1.807, 2.05) is 13.8 Å². The van der Waals surface area contributed by atoms with E-state index in [2.05, 4.69) is 22.3 Å². The summed E-state index contributed by atoms with van der Waals surface area (Å²) in [4.78, 5) is 16.5. The average Bonchev–Trinajstić information content (AvgIpc) is 3.22. The first kappa shape index (κ1) is 25.3. The lowest BCUT2D eigenvalue weighted by Gasteiger charge is -2.10. The zero-order chi connectivity index (χ0) is 24.7. The zero-order valence-electron chi connectivity index (χ0n) is 19.5. The first-order valence-corrected chi connectivity index (χ1v) is 11.3. The van der Waals surface area contributed by atoms with E-state index in [9.17, 15) is 18.0 Å². The molecule has 34 heavy (non-hydrogen) atoms. The molecule has 0 spiro atoms. The number of nitrogens with zero attached hydrogens (tertiary/aromatic N) is 3. The summed E-state index contributed by atoms with van der Waals surface area (Å²) in [6.45, 7) is 6.46. The molecular weight excluding hydrogens is 445 g/mol.